The predicted molar refractivity (Wildman–Crippen MR) is 554 cm³/mol. The van der Waals surface area contributed by atoms with Crippen LogP contribution in [0.4, 0.5) is 37.3 Å². The summed E-state index contributed by atoms with van der Waals surface area (Å²) in [5, 5.41) is 10.1. The van der Waals surface area contributed by atoms with Crippen molar-refractivity contribution in [1.29, 1.82) is 0 Å². The number of anilines is 5. The minimum atomic E-state index is -0.442. The van der Waals surface area contributed by atoms with Gasteiger partial charge in [0.1, 0.15) is 50.6 Å². The number of pyridine rings is 7. The van der Waals surface area contributed by atoms with Crippen LogP contribution < -0.4 is 68.2 Å². The first-order valence-electron chi connectivity index (χ1n) is 48.8. The van der Waals surface area contributed by atoms with Gasteiger partial charge in [0.15, 0.2) is 57.4 Å². The summed E-state index contributed by atoms with van der Waals surface area (Å²) >= 11 is 0. The summed E-state index contributed by atoms with van der Waals surface area (Å²) in [5.41, 5.74) is 20.0. The van der Waals surface area contributed by atoms with Crippen molar-refractivity contribution in [3.63, 3.8) is 0 Å². The number of nitrogens with one attached hydrogen (secondary N) is 3. The van der Waals surface area contributed by atoms with Gasteiger partial charge >= 0.3 is 0 Å². The molecule has 23 heterocycles. The van der Waals surface area contributed by atoms with Crippen LogP contribution in [0.15, 0.2) is 251 Å². The number of piperazine rings is 4. The summed E-state index contributed by atoms with van der Waals surface area (Å²) in [5.74, 6) is 3.33. The summed E-state index contributed by atoms with van der Waals surface area (Å²) < 4.78 is 57.2. The Labute approximate surface area is 822 Å². The van der Waals surface area contributed by atoms with Crippen molar-refractivity contribution >= 4 is 101 Å². The summed E-state index contributed by atoms with van der Waals surface area (Å²) in [6, 6.07) is 47.6. The SMILES string of the molecule is CCc1nc2ccc(-c3cc(=O)n4cc(N5CCNCC5)ccc4n3)cc2o1.CCc1nc2ccc(-c3cc(=O)n4cc(N5CCN[C@@H](C)C5)ccc4n3)cc2o1.Cc1cn2cc(-c3cc(=O)n4cc(N5CCN(C)CC5)ccc4n3)cc(F)c2n1.Cc1cn2cc(-c3ccc4nc(N5CCNCC5)cc(=O)n4c3)cc(F)c2n1.Cc1nc2ccc(-c3cc(=O)n4cc(N5C[C@H]6CN(C)C[C@H]6C5)ccc4n3)cc2o1. The molecule has 0 aliphatic carbocycles. The zero-order valence-electron chi connectivity index (χ0n) is 81.0. The Morgan fingerprint density at radius 2 is 0.722 bits per heavy atom. The van der Waals surface area contributed by atoms with E-state index in [-0.39, 0.29) is 33.4 Å². The van der Waals surface area contributed by atoms with Gasteiger partial charge in [0.05, 0.1) is 56.9 Å². The molecular formula is C107H107F2N27O8. The first kappa shape index (κ1) is 92.9. The molecule has 6 fully saturated rings. The molecule has 0 unspecified atom stereocenters. The Hall–Kier alpha value is -16.1. The van der Waals surface area contributed by atoms with Crippen molar-refractivity contribution in [2.75, 3.05) is 163 Å². The number of hydrogen-bond donors (Lipinski definition) is 3. The summed E-state index contributed by atoms with van der Waals surface area (Å²) in [6.07, 6.45) is 17.8. The van der Waals surface area contributed by atoms with E-state index in [2.05, 4.69) is 112 Å². The molecule has 3 atom stereocenters. The smallest absolute Gasteiger partial charge is 0.259 e. The molecule has 37 heteroatoms. The molecule has 0 saturated carbocycles. The maximum atomic E-state index is 14.4. The monoisotopic (exact) mass is 1940 g/mol. The van der Waals surface area contributed by atoms with E-state index in [0.29, 0.717) is 114 Å². The van der Waals surface area contributed by atoms with Crippen molar-refractivity contribution in [2.24, 2.45) is 11.8 Å². The second kappa shape index (κ2) is 39.1. The van der Waals surface area contributed by atoms with Crippen LogP contribution in [0.1, 0.15) is 49.8 Å². The number of likely N-dealkylation sites (N-methyl/N-ethyl adjacent to an activating group) is 1. The predicted octanol–water partition coefficient (Wildman–Crippen LogP) is 12.2. The number of rotatable bonds is 12. The van der Waals surface area contributed by atoms with Crippen LogP contribution in [0, 0.1) is 44.2 Å². The standard InChI is InChI=1S/C23H23N5O2.C22H23N5O2.C21H21FN6O.C21H21N5O2.C20H19FN6O/c1-14-24-19-5-3-15(7-21(19)30-14)20-8-23(29)28-13-18(4-6-22(28)25-20)27-11-16-9-26(2)10-17(16)12-27;1-3-21-25-17-6-4-15(10-19(17)29-21)18-11-22(28)27-13-16(5-7-20(27)24-18)26-9-8-23-14(2)12-26;1-14-11-27-12-15(9-17(22)21(27)23-14)18-10-20(29)28-13-16(3-4-19(28)24-18)26-7-5-25(2)6-8-26;1-2-20-24-16-5-3-14(11-18(16)28-20)17-12-21(27)26-13-15(4-6-19(26)23-17)25-9-7-22-8-10-25;1-13-10-26-11-15(8-16(21)20(26)23-13)14-2-3-17-24-18(9-19(28)27(17)12-14)25-6-4-22-5-7-25/h3-8,13,16-17H,9-12H2,1-2H3;4-7,10-11,13-14,23H,3,8-9,12H2,1-2H3;3-4,9-13H,5-8H2,1-2H3;3-6,11-13,22H,2,7-10H2,1H3;2-3,8-12,22H,4-7H2,1H3/t16-,17+;14-;;;/m.0.../s1. The molecule has 26 rings (SSSR count). The molecule has 0 bridgehead atoms. The number of nitrogens with zero attached hydrogens (tertiary/aromatic N) is 24. The van der Waals surface area contributed by atoms with Gasteiger partial charge in [-0.2, -0.15) is 0 Å². The summed E-state index contributed by atoms with van der Waals surface area (Å²) in [6.45, 7) is 29.9. The number of hydrogen-bond acceptors (Lipinski definition) is 28. The zero-order chi connectivity index (χ0) is 98.8. The molecule has 144 heavy (non-hydrogen) atoms. The zero-order valence-corrected chi connectivity index (χ0v) is 81.0. The highest BCUT2D eigenvalue weighted by Gasteiger charge is 2.39. The van der Waals surface area contributed by atoms with Gasteiger partial charge in [-0.15, -0.1) is 0 Å². The van der Waals surface area contributed by atoms with Crippen LogP contribution >= 0.6 is 0 Å². The average molecular weight is 1940 g/mol. The van der Waals surface area contributed by atoms with E-state index in [4.69, 9.17) is 28.2 Å². The molecule has 732 valence electrons. The molecule has 0 radical (unpaired) electrons. The number of aryl methyl sites for hydroxylation is 5. The van der Waals surface area contributed by atoms with Gasteiger partial charge in [-0.05, 0) is 156 Å². The molecule has 6 aliphatic rings. The molecular weight excluding hydrogens is 1830 g/mol. The van der Waals surface area contributed by atoms with Crippen molar-refractivity contribution in [2.45, 2.75) is 60.4 Å². The molecule has 20 aromatic rings. The Bertz CT molecular complexity index is 8660. The molecule has 0 spiro atoms. The fraction of sp³-hybridized carbons (Fsp3) is 0.299. The Morgan fingerprint density at radius 3 is 1.20 bits per heavy atom. The lowest BCUT2D eigenvalue weighted by atomic mass is 10.0. The first-order valence-corrected chi connectivity index (χ1v) is 48.8. The molecule has 17 aromatic heterocycles. The van der Waals surface area contributed by atoms with Gasteiger partial charge in [-0.3, -0.25) is 46.0 Å². The van der Waals surface area contributed by atoms with Crippen molar-refractivity contribution in [1.82, 2.24) is 106 Å². The lowest BCUT2D eigenvalue weighted by Crippen LogP contribution is -2.49. The first-order chi connectivity index (χ1) is 69.9. The van der Waals surface area contributed by atoms with E-state index < -0.39 is 11.6 Å². The third kappa shape index (κ3) is 19.2. The van der Waals surface area contributed by atoms with Crippen LogP contribution in [-0.2, 0) is 12.8 Å². The third-order valence-corrected chi connectivity index (χ3v) is 27.5. The Kier molecular flexibility index (Phi) is 25.2. The molecule has 6 aliphatic heterocycles. The van der Waals surface area contributed by atoms with E-state index in [1.54, 1.807) is 81.5 Å². The van der Waals surface area contributed by atoms with Crippen LogP contribution in [0.3, 0.4) is 0 Å². The van der Waals surface area contributed by atoms with Crippen LogP contribution in [0.2, 0.25) is 0 Å². The Morgan fingerprint density at radius 1 is 0.333 bits per heavy atom. The van der Waals surface area contributed by atoms with Crippen LogP contribution in [0.25, 0.3) is 129 Å². The number of fused-ring (bicyclic) bond motifs is 11. The minimum absolute atomic E-state index is 0.0789. The highest BCUT2D eigenvalue weighted by Crippen LogP contribution is 2.36. The van der Waals surface area contributed by atoms with E-state index >= 15 is 0 Å². The number of likely N-dealkylation sites (tertiary alicyclic amines) is 1. The number of aromatic nitrogens is 17. The van der Waals surface area contributed by atoms with Gasteiger partial charge in [0.2, 0.25) is 0 Å². The number of benzene rings is 3. The lowest BCUT2D eigenvalue weighted by molar-refractivity contribution is 0.313. The van der Waals surface area contributed by atoms with E-state index in [1.807, 2.05) is 169 Å². The van der Waals surface area contributed by atoms with E-state index in [9.17, 15) is 32.8 Å². The largest absolute Gasteiger partial charge is 0.441 e. The van der Waals surface area contributed by atoms with Gasteiger partial charge in [-0.1, -0.05) is 32.0 Å². The normalized spacial score (nSPS) is 16.9. The fourth-order valence-corrected chi connectivity index (χ4v) is 20.0. The lowest BCUT2D eigenvalue weighted by Gasteiger charge is -2.34. The van der Waals surface area contributed by atoms with Crippen molar-refractivity contribution in [3.05, 3.63) is 306 Å². The van der Waals surface area contributed by atoms with E-state index in [1.165, 1.54) is 22.6 Å². The van der Waals surface area contributed by atoms with Crippen LogP contribution in [-0.4, -0.2) is 235 Å². The van der Waals surface area contributed by atoms with Gasteiger partial charge in [0.25, 0.3) is 27.8 Å². The molecule has 3 N–H and O–H groups in total. The van der Waals surface area contributed by atoms with Crippen molar-refractivity contribution < 1.29 is 22.0 Å². The quantitative estimate of drug-likeness (QED) is 0.102. The fourth-order valence-electron chi connectivity index (χ4n) is 20.0. The Balaban J connectivity index is 0.000000103. The maximum absolute atomic E-state index is 14.4. The molecule has 0 amide bonds. The summed E-state index contributed by atoms with van der Waals surface area (Å²) in [7, 11) is 4.31. The number of halogens is 2. The molecule has 6 saturated heterocycles. The topological polar surface area (TPSA) is 343 Å². The minimum Gasteiger partial charge on any atom is -0.441 e. The highest BCUT2D eigenvalue weighted by molar-refractivity contribution is 5.83. The maximum Gasteiger partial charge on any atom is 0.259 e. The van der Waals surface area contributed by atoms with E-state index in [0.717, 1.165) is 222 Å². The summed E-state index contributed by atoms with van der Waals surface area (Å²) in [4.78, 5) is 125. The second-order valence-electron chi connectivity index (χ2n) is 37.8. The molecule has 35 nitrogen and oxygen atoms in total. The van der Waals surface area contributed by atoms with Crippen molar-refractivity contribution in [3.8, 4) is 56.2 Å². The highest BCUT2D eigenvalue weighted by atomic mass is 19.1. The average Bonchev–Trinajstić information content (AvgIpc) is 1.37. The molecule has 3 aromatic carbocycles. The van der Waals surface area contributed by atoms with Gasteiger partial charge in [0, 0.05) is 270 Å². The van der Waals surface area contributed by atoms with Gasteiger partial charge < -0.3 is 72.3 Å². The van der Waals surface area contributed by atoms with Crippen LogP contribution in [0.5, 0.6) is 0 Å². The third-order valence-electron chi connectivity index (χ3n) is 27.5. The second-order valence-corrected chi connectivity index (χ2v) is 37.8. The van der Waals surface area contributed by atoms with Gasteiger partial charge in [-0.25, -0.2) is 58.6 Å². The number of oxazole rings is 3. The number of imidazole rings is 2.